The zero-order valence-corrected chi connectivity index (χ0v) is 8.38. The number of allylic oxidation sites excluding steroid dienone is 2. The zero-order valence-electron chi connectivity index (χ0n) is 8.38. The molecule has 0 saturated heterocycles. The van der Waals surface area contributed by atoms with Crippen LogP contribution in [0.1, 0.15) is 45.4 Å². The smallest absolute Gasteiger partial charge is 0.155 e. The average Bonchev–Trinajstić information content (AvgIpc) is 2.28. The molecule has 0 unspecified atom stereocenters. The fraction of sp³-hybridized carbons (Fsp3) is 0.750. The largest absolute Gasteiger partial charge is 0.295 e. The molecule has 1 nitrogen and oxygen atoms in total. The summed E-state index contributed by atoms with van der Waals surface area (Å²) in [7, 11) is 0. The maximum absolute atomic E-state index is 11.3. The van der Waals surface area contributed by atoms with E-state index in [0.29, 0.717) is 17.1 Å². The lowest BCUT2D eigenvalue weighted by Crippen LogP contribution is -2.29. The van der Waals surface area contributed by atoms with E-state index in [-0.39, 0.29) is 0 Å². The molecule has 1 heteroatoms. The Morgan fingerprint density at radius 2 is 2.23 bits per heavy atom. The van der Waals surface area contributed by atoms with E-state index in [0.717, 1.165) is 6.42 Å². The van der Waals surface area contributed by atoms with Crippen molar-refractivity contribution in [2.75, 3.05) is 0 Å². The highest BCUT2D eigenvalue weighted by Gasteiger charge is 2.36. The Morgan fingerprint density at radius 1 is 1.38 bits per heavy atom. The third kappa shape index (κ3) is 1.70. The van der Waals surface area contributed by atoms with Crippen molar-refractivity contribution in [3.05, 3.63) is 12.2 Å². The molecule has 0 amide bonds. The number of carbonyl (C=O) groups is 1. The van der Waals surface area contributed by atoms with Crippen LogP contribution in [0.5, 0.6) is 0 Å². The van der Waals surface area contributed by atoms with Gasteiger partial charge >= 0.3 is 0 Å². The Balaban J connectivity index is 2.22. The second-order valence-corrected chi connectivity index (χ2v) is 4.81. The Hall–Kier alpha value is -0.590. The number of ketones is 1. The second kappa shape index (κ2) is 3.28. The molecule has 0 aliphatic heterocycles. The quantitative estimate of drug-likeness (QED) is 0.557. The highest BCUT2D eigenvalue weighted by molar-refractivity contribution is 5.90. The fourth-order valence-electron chi connectivity index (χ4n) is 2.76. The van der Waals surface area contributed by atoms with Crippen molar-refractivity contribution in [2.45, 2.75) is 45.4 Å². The van der Waals surface area contributed by atoms with Gasteiger partial charge in [0.05, 0.1) is 0 Å². The minimum absolute atomic E-state index is 0.337. The van der Waals surface area contributed by atoms with Gasteiger partial charge in [-0.2, -0.15) is 0 Å². The summed E-state index contributed by atoms with van der Waals surface area (Å²) in [4.78, 5) is 11.3. The van der Waals surface area contributed by atoms with Crippen LogP contribution < -0.4 is 0 Å². The van der Waals surface area contributed by atoms with Crippen molar-refractivity contribution >= 4 is 5.78 Å². The van der Waals surface area contributed by atoms with E-state index >= 15 is 0 Å². The summed E-state index contributed by atoms with van der Waals surface area (Å²) in [6.45, 7) is 2.33. The molecule has 0 heterocycles. The molecule has 0 bridgehead atoms. The molecule has 0 N–H and O–H groups in total. The topological polar surface area (TPSA) is 17.1 Å². The summed E-state index contributed by atoms with van der Waals surface area (Å²) in [5.74, 6) is 0.969. The van der Waals surface area contributed by atoms with E-state index in [9.17, 15) is 4.79 Å². The molecule has 2 atom stereocenters. The maximum Gasteiger partial charge on any atom is 0.155 e. The van der Waals surface area contributed by atoms with Crippen LogP contribution in [0.4, 0.5) is 0 Å². The lowest BCUT2D eigenvalue weighted by molar-refractivity contribution is -0.117. The molecule has 0 aromatic heterocycles. The monoisotopic (exact) mass is 178 g/mol. The van der Waals surface area contributed by atoms with E-state index in [1.165, 1.54) is 32.1 Å². The van der Waals surface area contributed by atoms with Crippen LogP contribution in [0.2, 0.25) is 0 Å². The summed E-state index contributed by atoms with van der Waals surface area (Å²) in [6, 6.07) is 0. The van der Waals surface area contributed by atoms with Crippen molar-refractivity contribution < 1.29 is 4.79 Å². The molecular formula is C12H18O. The van der Waals surface area contributed by atoms with Crippen molar-refractivity contribution in [3.63, 3.8) is 0 Å². The highest BCUT2D eigenvalue weighted by Crippen LogP contribution is 2.44. The number of carbonyl (C=O) groups excluding carboxylic acids is 1. The molecule has 2 aliphatic rings. The van der Waals surface area contributed by atoms with E-state index < -0.39 is 0 Å². The highest BCUT2D eigenvalue weighted by atomic mass is 16.1. The van der Waals surface area contributed by atoms with Crippen molar-refractivity contribution in [3.8, 4) is 0 Å². The van der Waals surface area contributed by atoms with Crippen LogP contribution in [0, 0.1) is 11.3 Å². The summed E-state index contributed by atoms with van der Waals surface area (Å²) >= 11 is 0. The molecular weight excluding hydrogens is 160 g/mol. The van der Waals surface area contributed by atoms with Gasteiger partial charge in [0.2, 0.25) is 0 Å². The van der Waals surface area contributed by atoms with Crippen LogP contribution in [-0.4, -0.2) is 5.78 Å². The minimum Gasteiger partial charge on any atom is -0.295 e. The predicted octanol–water partition coefficient (Wildman–Crippen LogP) is 3.10. The summed E-state index contributed by atoms with van der Waals surface area (Å²) in [5, 5.41) is 0. The molecule has 72 valence electrons. The molecule has 0 radical (unpaired) electrons. The first-order chi connectivity index (χ1) is 6.21. The average molecular weight is 178 g/mol. The summed E-state index contributed by atoms with van der Waals surface area (Å²) in [5.41, 5.74) is 0.338. The summed E-state index contributed by atoms with van der Waals surface area (Å²) < 4.78 is 0. The Morgan fingerprint density at radius 3 is 3.08 bits per heavy atom. The van der Waals surface area contributed by atoms with Crippen LogP contribution in [0.25, 0.3) is 0 Å². The van der Waals surface area contributed by atoms with Crippen molar-refractivity contribution in [2.24, 2.45) is 11.3 Å². The van der Waals surface area contributed by atoms with Crippen molar-refractivity contribution in [1.82, 2.24) is 0 Å². The lowest BCUT2D eigenvalue weighted by Gasteiger charge is -2.35. The van der Waals surface area contributed by atoms with Crippen LogP contribution in [-0.2, 0) is 4.79 Å². The van der Waals surface area contributed by atoms with Gasteiger partial charge in [0, 0.05) is 6.42 Å². The third-order valence-corrected chi connectivity index (χ3v) is 3.80. The van der Waals surface area contributed by atoms with E-state index in [2.05, 4.69) is 13.0 Å². The Kier molecular flexibility index (Phi) is 2.27. The van der Waals surface area contributed by atoms with Crippen LogP contribution in [0.3, 0.4) is 0 Å². The summed E-state index contributed by atoms with van der Waals surface area (Å²) in [6.07, 6.45) is 11.3. The van der Waals surface area contributed by atoms with E-state index in [1.807, 2.05) is 6.08 Å². The number of hydrogen-bond donors (Lipinski definition) is 0. The molecule has 0 aromatic carbocycles. The number of fused-ring (bicyclic) bond motifs is 1. The predicted molar refractivity (Wildman–Crippen MR) is 53.4 cm³/mol. The van der Waals surface area contributed by atoms with Gasteiger partial charge in [-0.05, 0) is 30.3 Å². The van der Waals surface area contributed by atoms with Crippen molar-refractivity contribution in [1.29, 1.82) is 0 Å². The standard InChI is InChI=1S/C12H18O/c1-12-7-4-2-3-5-10(12)9-11(13)6-8-12/h6,8,10H,2-5,7,9H2,1H3/t10-,12-/m1/s1. The fourth-order valence-corrected chi connectivity index (χ4v) is 2.76. The number of rotatable bonds is 0. The first-order valence-corrected chi connectivity index (χ1v) is 5.43. The minimum atomic E-state index is 0.337. The number of hydrogen-bond acceptors (Lipinski definition) is 1. The van der Waals surface area contributed by atoms with Gasteiger partial charge < -0.3 is 0 Å². The molecule has 2 rings (SSSR count). The van der Waals surface area contributed by atoms with E-state index in [1.54, 1.807) is 0 Å². The van der Waals surface area contributed by atoms with Gasteiger partial charge in [-0.1, -0.05) is 32.3 Å². The zero-order chi connectivity index (χ0) is 9.31. The van der Waals surface area contributed by atoms with Gasteiger partial charge in [0.1, 0.15) is 0 Å². The molecule has 0 aromatic rings. The Bertz CT molecular complexity index is 242. The molecule has 1 fully saturated rings. The van der Waals surface area contributed by atoms with Gasteiger partial charge in [-0.3, -0.25) is 4.79 Å². The first kappa shape index (κ1) is 8.98. The second-order valence-electron chi connectivity index (χ2n) is 4.81. The first-order valence-electron chi connectivity index (χ1n) is 5.43. The van der Waals surface area contributed by atoms with Gasteiger partial charge in [0.25, 0.3) is 0 Å². The third-order valence-electron chi connectivity index (χ3n) is 3.80. The molecule has 0 spiro atoms. The molecule has 13 heavy (non-hydrogen) atoms. The lowest BCUT2D eigenvalue weighted by atomic mass is 9.68. The van der Waals surface area contributed by atoms with Gasteiger partial charge in [-0.25, -0.2) is 0 Å². The molecule has 2 aliphatic carbocycles. The SMILES string of the molecule is C[C@@]12C=CC(=O)C[C@H]1CCCCC2. The Labute approximate surface area is 80.2 Å². The van der Waals surface area contributed by atoms with E-state index in [4.69, 9.17) is 0 Å². The van der Waals surface area contributed by atoms with Gasteiger partial charge in [0.15, 0.2) is 5.78 Å². The van der Waals surface area contributed by atoms with Gasteiger partial charge in [-0.15, -0.1) is 0 Å². The molecule has 1 saturated carbocycles. The van der Waals surface area contributed by atoms with Crippen LogP contribution >= 0.6 is 0 Å². The normalized spacial score (nSPS) is 39.8. The van der Waals surface area contributed by atoms with Crippen LogP contribution in [0.15, 0.2) is 12.2 Å². The maximum atomic E-state index is 11.3.